The Morgan fingerprint density at radius 3 is 2.55 bits per heavy atom. The van der Waals surface area contributed by atoms with Crippen molar-refractivity contribution in [3.8, 4) is 0 Å². The molecule has 20 heavy (non-hydrogen) atoms. The van der Waals surface area contributed by atoms with E-state index in [4.69, 9.17) is 0 Å². The zero-order chi connectivity index (χ0) is 14.2. The molecule has 0 saturated carbocycles. The average molecular weight is 292 g/mol. The molecule has 2 heterocycles. The smallest absolute Gasteiger partial charge is 0.243 e. The Balaban J connectivity index is 1.88. The number of carbonyl (C=O) groups excluding carboxylic acids is 1. The molecule has 2 aliphatic heterocycles. The minimum absolute atomic E-state index is 0.0321. The summed E-state index contributed by atoms with van der Waals surface area (Å²) in [7, 11) is -3.01. The number of amides is 1. The fraction of sp³-hybridized carbons (Fsp3) is 0.429. The van der Waals surface area contributed by atoms with Crippen LogP contribution in [0.5, 0.6) is 0 Å². The summed E-state index contributed by atoms with van der Waals surface area (Å²) in [5, 5.41) is 5.82. The Labute approximate surface area is 118 Å². The van der Waals surface area contributed by atoms with Crippen LogP contribution in [0.4, 0.5) is 0 Å². The van der Waals surface area contributed by atoms with Crippen molar-refractivity contribution in [1.82, 2.24) is 5.01 Å². The van der Waals surface area contributed by atoms with Gasteiger partial charge in [-0.3, -0.25) is 4.79 Å². The zero-order valence-electron chi connectivity index (χ0n) is 11.0. The molecule has 106 valence electrons. The highest BCUT2D eigenvalue weighted by molar-refractivity contribution is 7.91. The molecule has 6 heteroatoms. The van der Waals surface area contributed by atoms with Crippen molar-refractivity contribution in [3.63, 3.8) is 0 Å². The Hall–Kier alpha value is -1.69. The van der Waals surface area contributed by atoms with Gasteiger partial charge in [-0.05, 0) is 12.0 Å². The first-order chi connectivity index (χ1) is 9.55. The Morgan fingerprint density at radius 2 is 1.90 bits per heavy atom. The van der Waals surface area contributed by atoms with Crippen LogP contribution in [0.25, 0.3) is 0 Å². The molecule has 0 unspecified atom stereocenters. The van der Waals surface area contributed by atoms with Crippen LogP contribution >= 0.6 is 0 Å². The molecule has 0 radical (unpaired) electrons. The largest absolute Gasteiger partial charge is 0.273 e. The van der Waals surface area contributed by atoms with E-state index in [0.29, 0.717) is 19.3 Å². The average Bonchev–Trinajstić information content (AvgIpc) is 2.80. The molecule has 3 rings (SSSR count). The van der Waals surface area contributed by atoms with Crippen LogP contribution in [0.3, 0.4) is 0 Å². The number of hydrogen-bond acceptors (Lipinski definition) is 4. The molecule has 2 aliphatic rings. The standard InChI is InChI=1S/C14H16N2O3S/c17-14-7-6-13(11-4-2-1-3-5-11)15-16(14)12-8-9-20(18,19)10-12/h1-5,12H,6-10H2/t12-/m1/s1. The number of nitrogens with zero attached hydrogens (tertiary/aromatic N) is 2. The first kappa shape index (κ1) is 13.3. The van der Waals surface area contributed by atoms with Crippen molar-refractivity contribution in [2.45, 2.75) is 25.3 Å². The number of hydrogen-bond donors (Lipinski definition) is 0. The van der Waals surface area contributed by atoms with Crippen LogP contribution in [-0.2, 0) is 14.6 Å². The normalized spacial score (nSPS) is 25.6. The van der Waals surface area contributed by atoms with Gasteiger partial charge in [0, 0.05) is 12.8 Å². The fourth-order valence-electron chi connectivity index (χ4n) is 2.66. The molecule has 0 spiro atoms. The van der Waals surface area contributed by atoms with Crippen LogP contribution in [0.2, 0.25) is 0 Å². The van der Waals surface area contributed by atoms with Crippen molar-refractivity contribution in [1.29, 1.82) is 0 Å². The summed E-state index contributed by atoms with van der Waals surface area (Å²) in [6.45, 7) is 0. The van der Waals surface area contributed by atoms with Gasteiger partial charge in [0.15, 0.2) is 9.84 Å². The van der Waals surface area contributed by atoms with Gasteiger partial charge in [0.25, 0.3) is 0 Å². The summed E-state index contributed by atoms with van der Waals surface area (Å²) < 4.78 is 23.1. The number of benzene rings is 1. The highest BCUT2D eigenvalue weighted by atomic mass is 32.2. The van der Waals surface area contributed by atoms with Gasteiger partial charge in [0.05, 0.1) is 23.3 Å². The quantitative estimate of drug-likeness (QED) is 0.822. The Kier molecular flexibility index (Phi) is 3.33. The van der Waals surface area contributed by atoms with Crippen LogP contribution in [0, 0.1) is 0 Å². The summed E-state index contributed by atoms with van der Waals surface area (Å²) in [5.74, 6) is 0.105. The highest BCUT2D eigenvalue weighted by Crippen LogP contribution is 2.23. The molecule has 0 bridgehead atoms. The van der Waals surface area contributed by atoms with E-state index in [2.05, 4.69) is 5.10 Å². The third-order valence-corrected chi connectivity index (χ3v) is 5.47. The van der Waals surface area contributed by atoms with E-state index in [9.17, 15) is 13.2 Å². The minimum atomic E-state index is -3.01. The molecule has 5 nitrogen and oxygen atoms in total. The number of rotatable bonds is 2. The molecule has 0 N–H and O–H groups in total. The Bertz CT molecular complexity index is 652. The molecule has 1 fully saturated rings. The first-order valence-electron chi connectivity index (χ1n) is 6.70. The van der Waals surface area contributed by atoms with Crippen molar-refractivity contribution in [2.24, 2.45) is 5.10 Å². The number of hydrazone groups is 1. The maximum atomic E-state index is 12.0. The van der Waals surface area contributed by atoms with Crippen LogP contribution in [0.1, 0.15) is 24.8 Å². The summed E-state index contributed by atoms with van der Waals surface area (Å²) >= 11 is 0. The van der Waals surface area contributed by atoms with Crippen molar-refractivity contribution < 1.29 is 13.2 Å². The van der Waals surface area contributed by atoms with Crippen molar-refractivity contribution in [2.75, 3.05) is 11.5 Å². The van der Waals surface area contributed by atoms with Gasteiger partial charge in [-0.2, -0.15) is 5.10 Å². The van der Waals surface area contributed by atoms with Crippen LogP contribution in [0.15, 0.2) is 35.4 Å². The van der Waals surface area contributed by atoms with Gasteiger partial charge in [0.1, 0.15) is 0 Å². The van der Waals surface area contributed by atoms with E-state index in [-0.39, 0.29) is 23.5 Å². The molecule has 1 aromatic carbocycles. The second-order valence-electron chi connectivity index (χ2n) is 5.21. The summed E-state index contributed by atoms with van der Waals surface area (Å²) in [6, 6.07) is 9.40. The summed E-state index contributed by atoms with van der Waals surface area (Å²) in [6.07, 6.45) is 1.49. The number of sulfone groups is 1. The molecule has 1 atom stereocenters. The molecule has 0 aromatic heterocycles. The third-order valence-electron chi connectivity index (χ3n) is 3.72. The molecular weight excluding hydrogens is 276 g/mol. The van der Waals surface area contributed by atoms with E-state index < -0.39 is 9.84 Å². The monoisotopic (exact) mass is 292 g/mol. The second-order valence-corrected chi connectivity index (χ2v) is 7.44. The summed E-state index contributed by atoms with van der Waals surface area (Å²) in [4.78, 5) is 12.0. The minimum Gasteiger partial charge on any atom is -0.273 e. The highest BCUT2D eigenvalue weighted by Gasteiger charge is 2.36. The SMILES string of the molecule is O=C1CCC(c2ccccc2)=NN1[C@@H]1CCS(=O)(=O)C1. The first-order valence-corrected chi connectivity index (χ1v) is 8.53. The lowest BCUT2D eigenvalue weighted by atomic mass is 10.0. The maximum absolute atomic E-state index is 12.0. The van der Waals surface area contributed by atoms with Crippen LogP contribution < -0.4 is 0 Å². The van der Waals surface area contributed by atoms with Gasteiger partial charge >= 0.3 is 0 Å². The predicted octanol–water partition coefficient (Wildman–Crippen LogP) is 1.20. The lowest BCUT2D eigenvalue weighted by Gasteiger charge is -2.28. The van der Waals surface area contributed by atoms with Crippen molar-refractivity contribution >= 4 is 21.5 Å². The van der Waals surface area contributed by atoms with E-state index in [1.165, 1.54) is 5.01 Å². The molecule has 1 aromatic rings. The fourth-order valence-corrected chi connectivity index (χ4v) is 4.35. The zero-order valence-corrected chi connectivity index (χ0v) is 11.8. The van der Waals surface area contributed by atoms with Crippen molar-refractivity contribution in [3.05, 3.63) is 35.9 Å². The van der Waals surface area contributed by atoms with E-state index >= 15 is 0 Å². The molecular formula is C14H16N2O3S. The van der Waals surface area contributed by atoms with E-state index in [0.717, 1.165) is 11.3 Å². The summed E-state index contributed by atoms with van der Waals surface area (Å²) in [5.41, 5.74) is 1.85. The van der Waals surface area contributed by atoms with Gasteiger partial charge in [-0.25, -0.2) is 13.4 Å². The van der Waals surface area contributed by atoms with Gasteiger partial charge < -0.3 is 0 Å². The molecule has 1 saturated heterocycles. The Morgan fingerprint density at radius 1 is 1.15 bits per heavy atom. The lowest BCUT2D eigenvalue weighted by molar-refractivity contribution is -0.133. The van der Waals surface area contributed by atoms with E-state index in [1.807, 2.05) is 30.3 Å². The second kappa shape index (κ2) is 5.01. The molecule has 0 aliphatic carbocycles. The van der Waals surface area contributed by atoms with Gasteiger partial charge in [0.2, 0.25) is 5.91 Å². The lowest BCUT2D eigenvalue weighted by Crippen LogP contribution is -2.40. The van der Waals surface area contributed by atoms with E-state index in [1.54, 1.807) is 0 Å². The third kappa shape index (κ3) is 2.60. The van der Waals surface area contributed by atoms with Gasteiger partial charge in [-0.15, -0.1) is 0 Å². The predicted molar refractivity (Wildman–Crippen MR) is 76.1 cm³/mol. The maximum Gasteiger partial charge on any atom is 0.243 e. The molecule has 1 amide bonds. The topological polar surface area (TPSA) is 66.8 Å². The van der Waals surface area contributed by atoms with Gasteiger partial charge in [-0.1, -0.05) is 30.3 Å². The van der Waals surface area contributed by atoms with Crippen LogP contribution in [-0.4, -0.2) is 42.6 Å². The number of carbonyl (C=O) groups is 1.